The SMILES string of the molecule is CCC1CCCCN1C(=O)CSc1nc2ccccc2c2nc3ccccc3n12. The van der Waals surface area contributed by atoms with Crippen LogP contribution in [0.4, 0.5) is 0 Å². The lowest BCUT2D eigenvalue weighted by molar-refractivity contribution is -0.132. The maximum absolute atomic E-state index is 13.0. The normalized spacial score (nSPS) is 17.4. The highest BCUT2D eigenvalue weighted by molar-refractivity contribution is 7.99. The lowest BCUT2D eigenvalue weighted by Gasteiger charge is -2.35. The van der Waals surface area contributed by atoms with E-state index in [9.17, 15) is 4.79 Å². The topological polar surface area (TPSA) is 50.5 Å². The van der Waals surface area contributed by atoms with Gasteiger partial charge in [0, 0.05) is 18.0 Å². The van der Waals surface area contributed by atoms with Gasteiger partial charge in [0.05, 0.1) is 22.3 Å². The minimum atomic E-state index is 0.217. The molecule has 1 fully saturated rings. The number of piperidine rings is 1. The second-order valence-corrected chi connectivity index (χ2v) is 8.55. The van der Waals surface area contributed by atoms with Gasteiger partial charge in [0.15, 0.2) is 5.16 Å². The highest BCUT2D eigenvalue weighted by Crippen LogP contribution is 2.29. The van der Waals surface area contributed by atoms with Crippen LogP contribution in [-0.4, -0.2) is 43.5 Å². The number of carbonyl (C=O) groups excluding carboxylic acids is 1. The molecule has 2 aromatic heterocycles. The number of imidazole rings is 1. The number of thioether (sulfide) groups is 1. The molecule has 0 spiro atoms. The maximum atomic E-state index is 13.0. The molecule has 0 aliphatic carbocycles. The van der Waals surface area contributed by atoms with Gasteiger partial charge in [-0.25, -0.2) is 9.97 Å². The Kier molecular flexibility index (Phi) is 4.87. The first-order valence-corrected chi connectivity index (χ1v) is 11.3. The third-order valence-electron chi connectivity index (χ3n) is 5.86. The van der Waals surface area contributed by atoms with Crippen LogP contribution in [0.5, 0.6) is 0 Å². The van der Waals surface area contributed by atoms with Crippen molar-refractivity contribution in [2.45, 2.75) is 43.8 Å². The molecular weight excluding hydrogens is 380 g/mol. The molecule has 4 aromatic rings. The quantitative estimate of drug-likeness (QED) is 0.358. The number of fused-ring (bicyclic) bond motifs is 5. The van der Waals surface area contributed by atoms with Gasteiger partial charge < -0.3 is 4.90 Å². The number of carbonyl (C=O) groups is 1. The van der Waals surface area contributed by atoms with Crippen LogP contribution in [0.3, 0.4) is 0 Å². The molecule has 0 N–H and O–H groups in total. The lowest BCUT2D eigenvalue weighted by atomic mass is 10.0. The first kappa shape index (κ1) is 18.4. The molecule has 29 heavy (non-hydrogen) atoms. The van der Waals surface area contributed by atoms with Crippen LogP contribution in [0.25, 0.3) is 27.6 Å². The Bertz CT molecular complexity index is 1200. The van der Waals surface area contributed by atoms with Gasteiger partial charge in [0.1, 0.15) is 5.65 Å². The molecule has 2 aromatic carbocycles. The zero-order valence-electron chi connectivity index (χ0n) is 16.5. The maximum Gasteiger partial charge on any atom is 0.233 e. The highest BCUT2D eigenvalue weighted by atomic mass is 32.2. The molecule has 1 aliphatic heterocycles. The van der Waals surface area contributed by atoms with E-state index in [0.29, 0.717) is 11.8 Å². The number of rotatable bonds is 4. The number of hydrogen-bond donors (Lipinski definition) is 0. The van der Waals surface area contributed by atoms with Crippen LogP contribution in [0.1, 0.15) is 32.6 Å². The molecule has 1 amide bonds. The number of nitrogens with zero attached hydrogens (tertiary/aromatic N) is 4. The van der Waals surface area contributed by atoms with E-state index in [4.69, 9.17) is 9.97 Å². The first-order chi connectivity index (χ1) is 14.3. The first-order valence-electron chi connectivity index (χ1n) is 10.3. The van der Waals surface area contributed by atoms with Crippen molar-refractivity contribution in [3.63, 3.8) is 0 Å². The van der Waals surface area contributed by atoms with Gasteiger partial charge in [0.2, 0.25) is 5.91 Å². The summed E-state index contributed by atoms with van der Waals surface area (Å²) >= 11 is 1.52. The second-order valence-electron chi connectivity index (χ2n) is 7.60. The number of benzene rings is 2. The minimum absolute atomic E-state index is 0.217. The summed E-state index contributed by atoms with van der Waals surface area (Å²) in [6.07, 6.45) is 4.49. The van der Waals surface area contributed by atoms with Crippen molar-refractivity contribution in [3.8, 4) is 0 Å². The van der Waals surface area contributed by atoms with E-state index in [2.05, 4.69) is 28.4 Å². The molecule has 1 unspecified atom stereocenters. The van der Waals surface area contributed by atoms with E-state index >= 15 is 0 Å². The largest absolute Gasteiger partial charge is 0.339 e. The zero-order valence-corrected chi connectivity index (χ0v) is 17.4. The summed E-state index contributed by atoms with van der Waals surface area (Å²) in [5, 5.41) is 1.85. The summed E-state index contributed by atoms with van der Waals surface area (Å²) in [5.74, 6) is 0.623. The second kappa shape index (κ2) is 7.67. The van der Waals surface area contributed by atoms with Crippen LogP contribution in [-0.2, 0) is 4.79 Å². The fraction of sp³-hybridized carbons (Fsp3) is 0.348. The van der Waals surface area contributed by atoms with Crippen molar-refractivity contribution in [1.82, 2.24) is 19.3 Å². The molecule has 3 heterocycles. The van der Waals surface area contributed by atoms with Crippen molar-refractivity contribution < 1.29 is 4.79 Å². The number of amides is 1. The molecule has 1 saturated heterocycles. The summed E-state index contributed by atoms with van der Waals surface area (Å²) in [6, 6.07) is 16.6. The summed E-state index contributed by atoms with van der Waals surface area (Å²) < 4.78 is 2.10. The van der Waals surface area contributed by atoms with Gasteiger partial charge in [-0.3, -0.25) is 9.20 Å². The van der Waals surface area contributed by atoms with Gasteiger partial charge >= 0.3 is 0 Å². The predicted octanol–water partition coefficient (Wildman–Crippen LogP) is 4.92. The van der Waals surface area contributed by atoms with Gasteiger partial charge in [0.25, 0.3) is 0 Å². The smallest absolute Gasteiger partial charge is 0.233 e. The lowest BCUT2D eigenvalue weighted by Crippen LogP contribution is -2.44. The van der Waals surface area contributed by atoms with Gasteiger partial charge in [-0.05, 0) is 49.9 Å². The number of likely N-dealkylation sites (tertiary alicyclic amines) is 1. The van der Waals surface area contributed by atoms with Gasteiger partial charge in [-0.2, -0.15) is 0 Å². The molecule has 5 rings (SSSR count). The van der Waals surface area contributed by atoms with Crippen LogP contribution < -0.4 is 0 Å². The van der Waals surface area contributed by atoms with E-state index in [1.807, 2.05) is 36.4 Å². The zero-order chi connectivity index (χ0) is 19.8. The third-order valence-corrected chi connectivity index (χ3v) is 6.78. The fourth-order valence-electron chi connectivity index (χ4n) is 4.37. The van der Waals surface area contributed by atoms with E-state index < -0.39 is 0 Å². The summed E-state index contributed by atoms with van der Waals surface area (Å²) in [5.41, 5.74) is 3.78. The molecule has 6 heteroatoms. The standard InChI is InChI=1S/C23H24N4OS/c1-2-16-9-7-8-14-26(16)21(28)15-29-23-25-18-11-4-3-10-17(18)22-24-19-12-5-6-13-20(19)27(22)23/h3-6,10-13,16H,2,7-9,14-15H2,1H3. The van der Waals surface area contributed by atoms with Crippen LogP contribution in [0, 0.1) is 0 Å². The van der Waals surface area contributed by atoms with Gasteiger partial charge in [-0.1, -0.05) is 43.0 Å². The highest BCUT2D eigenvalue weighted by Gasteiger charge is 2.25. The minimum Gasteiger partial charge on any atom is -0.339 e. The van der Waals surface area contributed by atoms with E-state index in [1.165, 1.54) is 18.2 Å². The summed E-state index contributed by atoms with van der Waals surface area (Å²) in [4.78, 5) is 24.8. The average Bonchev–Trinajstić information content (AvgIpc) is 3.17. The van der Waals surface area contributed by atoms with Crippen molar-refractivity contribution in [2.24, 2.45) is 0 Å². The Labute approximate surface area is 174 Å². The van der Waals surface area contributed by atoms with Crippen molar-refractivity contribution in [3.05, 3.63) is 48.5 Å². The van der Waals surface area contributed by atoms with Crippen LogP contribution >= 0.6 is 11.8 Å². The Morgan fingerprint density at radius 2 is 1.86 bits per heavy atom. The molecule has 0 saturated carbocycles. The fourth-order valence-corrected chi connectivity index (χ4v) is 5.27. The van der Waals surface area contributed by atoms with E-state index in [0.717, 1.165) is 58.5 Å². The van der Waals surface area contributed by atoms with Crippen molar-refractivity contribution >= 4 is 45.3 Å². The average molecular weight is 405 g/mol. The summed E-state index contributed by atoms with van der Waals surface area (Å²) in [6.45, 7) is 3.06. The Hall–Kier alpha value is -2.60. The number of para-hydroxylation sites is 3. The van der Waals surface area contributed by atoms with Crippen LogP contribution in [0.2, 0.25) is 0 Å². The molecular formula is C23H24N4OS. The van der Waals surface area contributed by atoms with Crippen LogP contribution in [0.15, 0.2) is 53.7 Å². The van der Waals surface area contributed by atoms with E-state index in [1.54, 1.807) is 0 Å². The molecule has 0 bridgehead atoms. The van der Waals surface area contributed by atoms with Gasteiger partial charge in [-0.15, -0.1) is 0 Å². The van der Waals surface area contributed by atoms with Crippen molar-refractivity contribution in [2.75, 3.05) is 12.3 Å². The molecule has 1 aliphatic rings. The monoisotopic (exact) mass is 404 g/mol. The number of hydrogen-bond acceptors (Lipinski definition) is 4. The van der Waals surface area contributed by atoms with E-state index in [-0.39, 0.29) is 5.91 Å². The molecule has 1 atom stereocenters. The predicted molar refractivity (Wildman–Crippen MR) is 118 cm³/mol. The molecule has 0 radical (unpaired) electrons. The molecule has 148 valence electrons. The molecule has 5 nitrogen and oxygen atoms in total. The Morgan fingerprint density at radius 3 is 2.72 bits per heavy atom. The van der Waals surface area contributed by atoms with Crippen molar-refractivity contribution in [1.29, 1.82) is 0 Å². The number of aromatic nitrogens is 3. The Balaban J connectivity index is 1.54. The third kappa shape index (κ3) is 3.25. The summed E-state index contributed by atoms with van der Waals surface area (Å²) in [7, 11) is 0. The Morgan fingerprint density at radius 1 is 1.07 bits per heavy atom.